The van der Waals surface area contributed by atoms with E-state index in [1.807, 2.05) is 24.3 Å². The molecular weight excluding hydrogens is 426 g/mol. The molecule has 2 aliphatic rings. The summed E-state index contributed by atoms with van der Waals surface area (Å²) in [7, 11) is -3.58. The summed E-state index contributed by atoms with van der Waals surface area (Å²) in [4.78, 5) is 19.2. The first kappa shape index (κ1) is 20.8. The van der Waals surface area contributed by atoms with Crippen LogP contribution >= 0.6 is 0 Å². The van der Waals surface area contributed by atoms with Crippen LogP contribution in [0.4, 0.5) is 5.69 Å². The lowest BCUT2D eigenvalue weighted by atomic mass is 10.0. The Hall–Kier alpha value is -3.07. The molecule has 3 aromatic rings. The molecule has 0 unspecified atom stereocenters. The highest BCUT2D eigenvalue weighted by Gasteiger charge is 2.28. The Bertz CT molecular complexity index is 1240. The normalized spacial score (nSPS) is 16.7. The Morgan fingerprint density at radius 2 is 1.59 bits per heavy atom. The molecule has 1 aromatic heterocycles. The molecule has 1 amide bonds. The second kappa shape index (κ2) is 8.46. The van der Waals surface area contributed by atoms with E-state index in [9.17, 15) is 13.2 Å². The summed E-state index contributed by atoms with van der Waals surface area (Å²) in [6, 6.07) is 16.3. The number of anilines is 1. The van der Waals surface area contributed by atoms with Crippen molar-refractivity contribution in [2.75, 3.05) is 37.7 Å². The predicted octanol–water partition coefficient (Wildman–Crippen LogP) is 2.97. The number of carbonyl (C=O) groups excluding carboxylic acids is 1. The highest BCUT2D eigenvalue weighted by molar-refractivity contribution is 7.89. The lowest BCUT2D eigenvalue weighted by Crippen LogP contribution is -2.40. The smallest absolute Gasteiger partial charge is 0.258 e. The van der Waals surface area contributed by atoms with Crippen molar-refractivity contribution < 1.29 is 17.9 Å². The number of amides is 1. The zero-order valence-corrected chi connectivity index (χ0v) is 18.3. The van der Waals surface area contributed by atoms with Gasteiger partial charge < -0.3 is 9.64 Å². The van der Waals surface area contributed by atoms with Crippen LogP contribution in [0.3, 0.4) is 0 Å². The van der Waals surface area contributed by atoms with Gasteiger partial charge in [0.1, 0.15) is 0 Å². The molecule has 0 N–H and O–H groups in total. The molecule has 0 bridgehead atoms. The molecule has 3 heterocycles. The van der Waals surface area contributed by atoms with Gasteiger partial charge in [-0.1, -0.05) is 6.07 Å². The molecule has 2 aliphatic heterocycles. The molecular formula is C24H23N3O4S. The highest BCUT2D eigenvalue weighted by atomic mass is 32.2. The van der Waals surface area contributed by atoms with Crippen LogP contribution < -0.4 is 4.90 Å². The van der Waals surface area contributed by atoms with Crippen molar-refractivity contribution in [1.29, 1.82) is 0 Å². The van der Waals surface area contributed by atoms with E-state index in [0.717, 1.165) is 28.8 Å². The Labute approximate surface area is 187 Å². The lowest BCUT2D eigenvalue weighted by Gasteiger charge is -2.26. The summed E-state index contributed by atoms with van der Waals surface area (Å²) < 4.78 is 32.3. The zero-order chi connectivity index (χ0) is 22.1. The van der Waals surface area contributed by atoms with Crippen molar-refractivity contribution >= 4 is 21.6 Å². The molecule has 0 spiro atoms. The van der Waals surface area contributed by atoms with Gasteiger partial charge in [-0.25, -0.2) is 8.42 Å². The van der Waals surface area contributed by atoms with Crippen molar-refractivity contribution in [3.05, 3.63) is 78.1 Å². The Balaban J connectivity index is 1.36. The predicted molar refractivity (Wildman–Crippen MR) is 121 cm³/mol. The quantitative estimate of drug-likeness (QED) is 0.612. The van der Waals surface area contributed by atoms with E-state index in [1.54, 1.807) is 29.4 Å². The zero-order valence-electron chi connectivity index (χ0n) is 17.5. The first-order valence-corrected chi connectivity index (χ1v) is 12.0. The third kappa shape index (κ3) is 3.81. The van der Waals surface area contributed by atoms with Crippen LogP contribution in [0.1, 0.15) is 15.9 Å². The Morgan fingerprint density at radius 1 is 0.875 bits per heavy atom. The van der Waals surface area contributed by atoms with Gasteiger partial charge in [0.25, 0.3) is 5.91 Å². The first-order valence-electron chi connectivity index (χ1n) is 10.6. The van der Waals surface area contributed by atoms with Gasteiger partial charge in [-0.3, -0.25) is 9.78 Å². The largest absolute Gasteiger partial charge is 0.379 e. The molecule has 5 rings (SSSR count). The number of benzene rings is 2. The van der Waals surface area contributed by atoms with Crippen LogP contribution in [-0.4, -0.2) is 56.5 Å². The molecule has 164 valence electrons. The molecule has 1 saturated heterocycles. The fraction of sp³-hybridized carbons (Fsp3) is 0.250. The second-order valence-corrected chi connectivity index (χ2v) is 9.76. The minimum Gasteiger partial charge on any atom is -0.379 e. The molecule has 32 heavy (non-hydrogen) atoms. The van der Waals surface area contributed by atoms with Gasteiger partial charge in [0.15, 0.2) is 0 Å². The molecule has 1 fully saturated rings. The van der Waals surface area contributed by atoms with Crippen LogP contribution in [0.5, 0.6) is 0 Å². The maximum Gasteiger partial charge on any atom is 0.258 e. The number of sulfonamides is 1. The van der Waals surface area contributed by atoms with Gasteiger partial charge in [0, 0.05) is 43.3 Å². The van der Waals surface area contributed by atoms with E-state index >= 15 is 0 Å². The summed E-state index contributed by atoms with van der Waals surface area (Å²) in [5.74, 6) is -0.129. The van der Waals surface area contributed by atoms with Crippen LogP contribution in [0.2, 0.25) is 0 Å². The molecule has 0 aliphatic carbocycles. The Kier molecular flexibility index (Phi) is 5.50. The van der Waals surface area contributed by atoms with Gasteiger partial charge >= 0.3 is 0 Å². The molecule has 0 atom stereocenters. The standard InChI is InChI=1S/C24H23N3O4S/c28-24(19-1-4-22(5-2-19)32(29,30)26-13-15-31-16-14-26)27-12-9-21-17-20(3-6-23(21)27)18-7-10-25-11-8-18/h1-8,10-11,17H,9,12-16H2. The minimum atomic E-state index is -3.58. The Morgan fingerprint density at radius 3 is 2.31 bits per heavy atom. The average Bonchev–Trinajstić information content (AvgIpc) is 3.28. The summed E-state index contributed by atoms with van der Waals surface area (Å²) >= 11 is 0. The van der Waals surface area contributed by atoms with E-state index in [-0.39, 0.29) is 10.8 Å². The van der Waals surface area contributed by atoms with Crippen molar-refractivity contribution in [2.24, 2.45) is 0 Å². The van der Waals surface area contributed by atoms with Crippen LogP contribution in [0, 0.1) is 0 Å². The van der Waals surface area contributed by atoms with Crippen molar-refractivity contribution in [1.82, 2.24) is 9.29 Å². The first-order chi connectivity index (χ1) is 15.5. The van der Waals surface area contributed by atoms with Crippen LogP contribution in [0.25, 0.3) is 11.1 Å². The number of hydrogen-bond donors (Lipinski definition) is 0. The fourth-order valence-corrected chi connectivity index (χ4v) is 5.61. The van der Waals surface area contributed by atoms with Gasteiger partial charge in [-0.2, -0.15) is 4.31 Å². The molecule has 7 nitrogen and oxygen atoms in total. The van der Waals surface area contributed by atoms with Gasteiger partial charge in [0.05, 0.1) is 18.1 Å². The number of pyridine rings is 1. The van der Waals surface area contributed by atoms with Crippen molar-refractivity contribution in [2.45, 2.75) is 11.3 Å². The summed E-state index contributed by atoms with van der Waals surface area (Å²) in [6.07, 6.45) is 4.31. The third-order valence-electron chi connectivity index (χ3n) is 5.94. The summed E-state index contributed by atoms with van der Waals surface area (Å²) in [6.45, 7) is 2.08. The van der Waals surface area contributed by atoms with Crippen molar-refractivity contribution in [3.8, 4) is 11.1 Å². The van der Waals surface area contributed by atoms with Crippen molar-refractivity contribution in [3.63, 3.8) is 0 Å². The number of hydrogen-bond acceptors (Lipinski definition) is 5. The summed E-state index contributed by atoms with van der Waals surface area (Å²) in [5, 5.41) is 0. The van der Waals surface area contributed by atoms with E-state index in [4.69, 9.17) is 4.74 Å². The third-order valence-corrected chi connectivity index (χ3v) is 7.86. The van der Waals surface area contributed by atoms with E-state index < -0.39 is 10.0 Å². The van der Waals surface area contributed by atoms with E-state index in [1.165, 1.54) is 16.4 Å². The van der Waals surface area contributed by atoms with Gasteiger partial charge in [-0.15, -0.1) is 0 Å². The van der Waals surface area contributed by atoms with Gasteiger partial charge in [0.2, 0.25) is 10.0 Å². The maximum atomic E-state index is 13.2. The van der Waals surface area contributed by atoms with E-state index in [0.29, 0.717) is 38.4 Å². The second-order valence-electron chi connectivity index (χ2n) is 7.83. The van der Waals surface area contributed by atoms with Crippen LogP contribution in [-0.2, 0) is 21.2 Å². The highest BCUT2D eigenvalue weighted by Crippen LogP contribution is 2.33. The number of morpholine rings is 1. The number of ether oxygens (including phenoxy) is 1. The fourth-order valence-electron chi connectivity index (χ4n) is 4.20. The average molecular weight is 450 g/mol. The SMILES string of the molecule is O=C(c1ccc(S(=O)(=O)N2CCOCC2)cc1)N1CCc2cc(-c3ccncc3)ccc21. The molecule has 2 aromatic carbocycles. The van der Waals surface area contributed by atoms with Crippen LogP contribution in [0.15, 0.2) is 71.9 Å². The van der Waals surface area contributed by atoms with Gasteiger partial charge in [-0.05, 0) is 71.6 Å². The number of fused-ring (bicyclic) bond motifs is 1. The molecule has 0 radical (unpaired) electrons. The molecule has 8 heteroatoms. The maximum absolute atomic E-state index is 13.2. The topological polar surface area (TPSA) is 79.8 Å². The number of nitrogens with zero attached hydrogens (tertiary/aromatic N) is 3. The van der Waals surface area contributed by atoms with E-state index in [2.05, 4.69) is 11.1 Å². The number of aromatic nitrogens is 1. The monoisotopic (exact) mass is 449 g/mol. The lowest BCUT2D eigenvalue weighted by molar-refractivity contribution is 0.0730. The number of carbonyl (C=O) groups is 1. The number of rotatable bonds is 4. The minimum absolute atomic E-state index is 0.129. The summed E-state index contributed by atoms with van der Waals surface area (Å²) in [5.41, 5.74) is 4.68. The molecule has 0 saturated carbocycles.